The summed E-state index contributed by atoms with van der Waals surface area (Å²) in [5, 5.41) is 3.60. The average Bonchev–Trinajstić information content (AvgIpc) is 3.45. The van der Waals surface area contributed by atoms with Crippen LogP contribution in [-0.2, 0) is 14.3 Å². The molecule has 3 heterocycles. The van der Waals surface area contributed by atoms with Crippen LogP contribution < -0.4 is 9.64 Å². The first-order valence-electron chi connectivity index (χ1n) is 10.5. The third-order valence-corrected chi connectivity index (χ3v) is 6.12. The van der Waals surface area contributed by atoms with Gasteiger partial charge in [0.05, 0.1) is 12.2 Å². The van der Waals surface area contributed by atoms with E-state index in [2.05, 4.69) is 9.68 Å². The van der Waals surface area contributed by atoms with Gasteiger partial charge in [0.1, 0.15) is 18.7 Å². The predicted molar refractivity (Wildman–Crippen MR) is 119 cm³/mol. The Kier molecular flexibility index (Phi) is 7.13. The van der Waals surface area contributed by atoms with Crippen LogP contribution in [-0.4, -0.2) is 81.0 Å². The molecule has 0 bridgehead atoms. The highest BCUT2D eigenvalue weighted by Gasteiger charge is 2.38. The van der Waals surface area contributed by atoms with Gasteiger partial charge in [-0.25, -0.2) is 9.18 Å². The molecule has 1 fully saturated rings. The van der Waals surface area contributed by atoms with E-state index >= 15 is 0 Å². The number of benzene rings is 1. The van der Waals surface area contributed by atoms with Crippen LogP contribution in [0.15, 0.2) is 41.1 Å². The summed E-state index contributed by atoms with van der Waals surface area (Å²) in [7, 11) is -4.39. The van der Waals surface area contributed by atoms with Crippen molar-refractivity contribution in [2.75, 3.05) is 37.3 Å². The van der Waals surface area contributed by atoms with E-state index in [1.165, 1.54) is 34.3 Å². The summed E-state index contributed by atoms with van der Waals surface area (Å²) < 4.78 is 30.2. The van der Waals surface area contributed by atoms with Crippen LogP contribution in [0.1, 0.15) is 12.0 Å². The molecule has 0 aliphatic carbocycles. The molecule has 0 saturated carbocycles. The van der Waals surface area contributed by atoms with E-state index in [-0.39, 0.29) is 44.1 Å². The first-order valence-corrected chi connectivity index (χ1v) is 12.3. The fourth-order valence-electron chi connectivity index (χ4n) is 3.74. The minimum absolute atomic E-state index is 0.0144. The Balaban J connectivity index is 1.37. The van der Waals surface area contributed by atoms with Crippen molar-refractivity contribution < 1.29 is 47.5 Å². The average molecular weight is 510 g/mol. The molecule has 14 heteroatoms. The van der Waals surface area contributed by atoms with Crippen molar-refractivity contribution in [2.24, 2.45) is 0 Å². The van der Waals surface area contributed by atoms with Crippen molar-refractivity contribution in [1.29, 1.82) is 0 Å². The van der Waals surface area contributed by atoms with Crippen LogP contribution in [0.25, 0.3) is 5.57 Å². The van der Waals surface area contributed by atoms with Gasteiger partial charge in [-0.2, -0.15) is 14.7 Å². The van der Waals surface area contributed by atoms with Gasteiger partial charge >= 0.3 is 14.0 Å². The van der Waals surface area contributed by atoms with Crippen LogP contribution >= 0.6 is 7.94 Å². The number of aromatic nitrogens is 1. The molecule has 2 aliphatic rings. The number of cyclic esters (lactones) is 1. The van der Waals surface area contributed by atoms with Crippen molar-refractivity contribution >= 4 is 37.0 Å². The molecule has 35 heavy (non-hydrogen) atoms. The number of halogens is 1. The van der Waals surface area contributed by atoms with Gasteiger partial charge < -0.3 is 18.9 Å². The van der Waals surface area contributed by atoms with E-state index in [0.717, 1.165) is 0 Å². The zero-order chi connectivity index (χ0) is 25.2. The summed E-state index contributed by atoms with van der Waals surface area (Å²) >= 11 is 0. The molecular formula is C21H22FN3O9P+. The Morgan fingerprint density at radius 1 is 1.26 bits per heavy atom. The Morgan fingerprint density at radius 3 is 2.69 bits per heavy atom. The SMILES string of the molecule is O=C(C[P+](O)(O)O)C(=O)N1CC=C(c2ccc(N3C[C@H](COc4ccon4)OC3=O)cc2F)CC1. The minimum Gasteiger partial charge on any atom is -0.471 e. The third-order valence-electron chi connectivity index (χ3n) is 5.41. The largest absolute Gasteiger partial charge is 0.471 e. The Morgan fingerprint density at radius 2 is 2.06 bits per heavy atom. The number of rotatable bonds is 8. The van der Waals surface area contributed by atoms with E-state index in [1.807, 2.05) is 0 Å². The summed E-state index contributed by atoms with van der Waals surface area (Å²) in [6.45, 7) is 0.331. The lowest BCUT2D eigenvalue weighted by Gasteiger charge is -2.26. The Bertz CT molecular complexity index is 1150. The second-order valence-corrected chi connectivity index (χ2v) is 9.64. The molecule has 2 aliphatic heterocycles. The fraction of sp³-hybridized carbons (Fsp3) is 0.333. The highest BCUT2D eigenvalue weighted by Crippen LogP contribution is 2.44. The molecule has 1 aromatic carbocycles. The molecule has 0 radical (unpaired) electrons. The van der Waals surface area contributed by atoms with Gasteiger partial charge in [-0.05, 0) is 35.3 Å². The molecule has 0 spiro atoms. The third kappa shape index (κ3) is 6.01. The molecule has 1 atom stereocenters. The lowest BCUT2D eigenvalue weighted by atomic mass is 9.98. The van der Waals surface area contributed by atoms with E-state index in [4.69, 9.17) is 24.2 Å². The smallest absolute Gasteiger partial charge is 0.414 e. The van der Waals surface area contributed by atoms with E-state index in [0.29, 0.717) is 11.3 Å². The number of carbonyl (C=O) groups excluding carboxylic acids is 3. The molecule has 1 aromatic heterocycles. The van der Waals surface area contributed by atoms with Gasteiger partial charge in [-0.1, -0.05) is 6.08 Å². The summed E-state index contributed by atoms with van der Waals surface area (Å²) in [6.07, 6.45) is 0.929. The number of ether oxygens (including phenoxy) is 2. The number of anilines is 1. The standard InChI is InChI=1S/C21H22FN3O9P/c22-17-9-14(25-10-15(34-21(25)28)11-32-19-5-8-33-23-19)1-2-16(17)13-3-6-24(7-4-13)20(27)18(26)12-35(29,30)31/h1-3,5,8-9,15,29-31H,4,6-7,10-12H2/q+1/t15-/m1/s1. The van der Waals surface area contributed by atoms with Crippen molar-refractivity contribution in [2.45, 2.75) is 12.5 Å². The number of carbonyl (C=O) groups is 3. The maximum absolute atomic E-state index is 14.9. The van der Waals surface area contributed by atoms with E-state index < -0.39 is 43.8 Å². The van der Waals surface area contributed by atoms with E-state index in [9.17, 15) is 18.8 Å². The zero-order valence-electron chi connectivity index (χ0n) is 18.2. The van der Waals surface area contributed by atoms with Crippen LogP contribution in [0.5, 0.6) is 5.88 Å². The number of amides is 2. The summed E-state index contributed by atoms with van der Waals surface area (Å²) in [4.78, 5) is 65.6. The number of nitrogens with zero attached hydrogens (tertiary/aromatic N) is 3. The Hall–Kier alpha value is -3.38. The van der Waals surface area contributed by atoms with Crippen LogP contribution in [0.4, 0.5) is 14.9 Å². The van der Waals surface area contributed by atoms with Crippen molar-refractivity contribution in [1.82, 2.24) is 10.1 Å². The number of hydrogen-bond acceptors (Lipinski definition) is 10. The van der Waals surface area contributed by atoms with E-state index in [1.54, 1.807) is 12.1 Å². The number of ketones is 1. The monoisotopic (exact) mass is 510 g/mol. The summed E-state index contributed by atoms with van der Waals surface area (Å²) in [5.74, 6) is -2.38. The second-order valence-electron chi connectivity index (χ2n) is 7.93. The molecule has 186 valence electrons. The molecule has 0 unspecified atom stereocenters. The van der Waals surface area contributed by atoms with Gasteiger partial charge in [0.2, 0.25) is 6.16 Å². The second kappa shape index (κ2) is 10.1. The maximum Gasteiger partial charge on any atom is 0.414 e. The molecule has 12 nitrogen and oxygen atoms in total. The van der Waals surface area contributed by atoms with Gasteiger partial charge in [0.15, 0.2) is 6.10 Å². The topological polar surface area (TPSA) is 163 Å². The zero-order valence-corrected chi connectivity index (χ0v) is 19.1. The van der Waals surface area contributed by atoms with Gasteiger partial charge in [-0.3, -0.25) is 14.5 Å². The van der Waals surface area contributed by atoms with Crippen molar-refractivity contribution in [3.63, 3.8) is 0 Å². The lowest BCUT2D eigenvalue weighted by Crippen LogP contribution is -2.40. The molecule has 4 rings (SSSR count). The lowest BCUT2D eigenvalue weighted by molar-refractivity contribution is -0.143. The highest BCUT2D eigenvalue weighted by molar-refractivity contribution is 7.59. The first kappa shape index (κ1) is 24.7. The van der Waals surface area contributed by atoms with Crippen molar-refractivity contribution in [3.8, 4) is 5.88 Å². The van der Waals surface area contributed by atoms with Crippen LogP contribution in [0, 0.1) is 5.82 Å². The molecule has 2 amide bonds. The van der Waals surface area contributed by atoms with Gasteiger partial charge in [0, 0.05) is 24.7 Å². The predicted octanol–water partition coefficient (Wildman–Crippen LogP) is 1.14. The van der Waals surface area contributed by atoms with Gasteiger partial charge in [-0.15, -0.1) is 0 Å². The molecule has 1 saturated heterocycles. The van der Waals surface area contributed by atoms with Crippen molar-refractivity contribution in [3.05, 3.63) is 48.0 Å². The summed E-state index contributed by atoms with van der Waals surface area (Å²) in [6, 6.07) is 5.83. The maximum atomic E-state index is 14.9. The quantitative estimate of drug-likeness (QED) is 0.347. The van der Waals surface area contributed by atoms with Gasteiger partial charge in [0.25, 0.3) is 17.6 Å². The Labute approximate surface area is 198 Å². The molecule has 2 aromatic rings. The van der Waals surface area contributed by atoms with Crippen LogP contribution in [0.3, 0.4) is 0 Å². The summed E-state index contributed by atoms with van der Waals surface area (Å²) in [5.41, 5.74) is 1.21. The highest BCUT2D eigenvalue weighted by atomic mass is 31.2. The minimum atomic E-state index is -4.39. The number of Topliss-reactive ketones (excluding diaryl/α,β-unsaturated/α-hetero) is 1. The molecular weight excluding hydrogens is 488 g/mol. The fourth-order valence-corrected chi connectivity index (χ4v) is 4.26. The number of hydrogen-bond donors (Lipinski definition) is 3. The van der Waals surface area contributed by atoms with Crippen LogP contribution in [0.2, 0.25) is 0 Å². The molecule has 3 N–H and O–H groups in total. The normalized spacial score (nSPS) is 18.3. The first-order chi connectivity index (χ1) is 16.6.